The second-order valence-electron chi connectivity index (χ2n) is 5.27. The third-order valence-electron chi connectivity index (χ3n) is 3.61. The molecule has 1 aromatic rings. The lowest BCUT2D eigenvalue weighted by Gasteiger charge is -2.33. The van der Waals surface area contributed by atoms with Crippen molar-refractivity contribution in [1.82, 2.24) is 15.2 Å². The molecule has 1 fully saturated rings. The van der Waals surface area contributed by atoms with Gasteiger partial charge >= 0.3 is 0 Å². The van der Waals surface area contributed by atoms with Crippen LogP contribution in [0.3, 0.4) is 0 Å². The minimum absolute atomic E-state index is 0.123. The molecule has 0 aliphatic carbocycles. The van der Waals surface area contributed by atoms with E-state index in [2.05, 4.69) is 27.1 Å². The van der Waals surface area contributed by atoms with Crippen molar-refractivity contribution in [3.05, 3.63) is 23.9 Å². The van der Waals surface area contributed by atoms with Crippen LogP contribution in [0.4, 0.5) is 5.82 Å². The highest BCUT2D eigenvalue weighted by atomic mass is 16.5. The van der Waals surface area contributed by atoms with Gasteiger partial charge in [-0.1, -0.05) is 6.07 Å². The molecule has 6 nitrogen and oxygen atoms in total. The van der Waals surface area contributed by atoms with E-state index in [0.29, 0.717) is 18.8 Å². The van der Waals surface area contributed by atoms with Crippen molar-refractivity contribution in [3.63, 3.8) is 0 Å². The molecule has 1 saturated heterocycles. The number of ether oxygens (including phenoxy) is 1. The van der Waals surface area contributed by atoms with Gasteiger partial charge in [-0.05, 0) is 25.6 Å². The number of nitrogens with zero attached hydrogens (tertiary/aromatic N) is 3. The van der Waals surface area contributed by atoms with Crippen LogP contribution in [0.1, 0.15) is 16.9 Å². The van der Waals surface area contributed by atoms with Crippen LogP contribution in [-0.2, 0) is 4.74 Å². The number of hydrogen-bond acceptors (Lipinski definition) is 5. The van der Waals surface area contributed by atoms with Crippen LogP contribution in [0.5, 0.6) is 0 Å². The van der Waals surface area contributed by atoms with Crippen LogP contribution >= 0.6 is 0 Å². The van der Waals surface area contributed by atoms with Gasteiger partial charge in [-0.3, -0.25) is 4.79 Å². The molecule has 0 aromatic carbocycles. The number of likely N-dealkylation sites (N-methyl/N-ethyl adjacent to an activating group) is 1. The Morgan fingerprint density at radius 2 is 2.10 bits per heavy atom. The van der Waals surface area contributed by atoms with Crippen molar-refractivity contribution in [1.29, 1.82) is 0 Å². The molecule has 2 heterocycles. The average molecular weight is 292 g/mol. The Morgan fingerprint density at radius 1 is 1.33 bits per heavy atom. The van der Waals surface area contributed by atoms with Gasteiger partial charge in [-0.15, -0.1) is 0 Å². The third kappa shape index (κ3) is 4.68. The van der Waals surface area contributed by atoms with Crippen molar-refractivity contribution in [2.75, 3.05) is 58.4 Å². The first-order valence-corrected chi connectivity index (χ1v) is 7.38. The molecular weight excluding hydrogens is 268 g/mol. The summed E-state index contributed by atoms with van der Waals surface area (Å²) in [5.74, 6) is 0.759. The summed E-state index contributed by atoms with van der Waals surface area (Å²) in [7, 11) is 3.78. The van der Waals surface area contributed by atoms with Crippen molar-refractivity contribution in [3.8, 4) is 0 Å². The molecule has 6 heteroatoms. The van der Waals surface area contributed by atoms with E-state index in [1.807, 2.05) is 12.1 Å². The molecule has 1 aliphatic rings. The molecule has 0 bridgehead atoms. The summed E-state index contributed by atoms with van der Waals surface area (Å²) in [6.07, 6.45) is 0.806. The van der Waals surface area contributed by atoms with Crippen LogP contribution in [0.15, 0.2) is 18.2 Å². The highest BCUT2D eigenvalue weighted by Crippen LogP contribution is 2.13. The lowest BCUT2D eigenvalue weighted by atomic mass is 10.3. The third-order valence-corrected chi connectivity index (χ3v) is 3.61. The van der Waals surface area contributed by atoms with Gasteiger partial charge < -0.3 is 19.9 Å². The Labute approximate surface area is 126 Å². The molecule has 0 unspecified atom stereocenters. The van der Waals surface area contributed by atoms with Crippen molar-refractivity contribution >= 4 is 11.7 Å². The van der Waals surface area contributed by atoms with Gasteiger partial charge in [0.1, 0.15) is 11.5 Å². The van der Waals surface area contributed by atoms with Gasteiger partial charge in [0.15, 0.2) is 0 Å². The fourth-order valence-electron chi connectivity index (χ4n) is 2.27. The lowest BCUT2D eigenvalue weighted by Crippen LogP contribution is -2.45. The highest BCUT2D eigenvalue weighted by molar-refractivity contribution is 5.92. The molecule has 2 rings (SSSR count). The van der Waals surface area contributed by atoms with E-state index in [9.17, 15) is 4.79 Å². The molecule has 116 valence electrons. The van der Waals surface area contributed by atoms with Gasteiger partial charge in [-0.2, -0.15) is 0 Å². The number of carbonyl (C=O) groups is 1. The van der Waals surface area contributed by atoms with E-state index in [1.54, 1.807) is 13.2 Å². The number of hydrogen-bond donors (Lipinski definition) is 1. The summed E-state index contributed by atoms with van der Waals surface area (Å²) in [5, 5.41) is 2.86. The van der Waals surface area contributed by atoms with Gasteiger partial charge in [0, 0.05) is 46.4 Å². The summed E-state index contributed by atoms with van der Waals surface area (Å²) in [6.45, 7) is 5.19. The monoisotopic (exact) mass is 292 g/mol. The fourth-order valence-corrected chi connectivity index (χ4v) is 2.27. The first-order valence-electron chi connectivity index (χ1n) is 7.38. The Morgan fingerprint density at radius 3 is 2.81 bits per heavy atom. The molecule has 1 amide bonds. The van der Waals surface area contributed by atoms with Gasteiger partial charge in [0.2, 0.25) is 0 Å². The van der Waals surface area contributed by atoms with Gasteiger partial charge in [0.25, 0.3) is 5.91 Å². The van der Waals surface area contributed by atoms with Crippen LogP contribution in [0, 0.1) is 0 Å². The Hall–Kier alpha value is -1.66. The van der Waals surface area contributed by atoms with Gasteiger partial charge in [0.05, 0.1) is 0 Å². The molecule has 0 atom stereocenters. The molecule has 1 N–H and O–H groups in total. The number of methoxy groups -OCH3 is 1. The number of pyridine rings is 1. The van der Waals surface area contributed by atoms with E-state index in [1.165, 1.54) is 0 Å². The van der Waals surface area contributed by atoms with Crippen molar-refractivity contribution < 1.29 is 9.53 Å². The van der Waals surface area contributed by atoms with E-state index >= 15 is 0 Å². The minimum Gasteiger partial charge on any atom is -0.385 e. The molecule has 1 aliphatic heterocycles. The molecular formula is C15H24N4O2. The zero-order chi connectivity index (χ0) is 15.1. The summed E-state index contributed by atoms with van der Waals surface area (Å²) < 4.78 is 4.96. The molecule has 0 radical (unpaired) electrons. The van der Waals surface area contributed by atoms with E-state index in [4.69, 9.17) is 4.74 Å². The minimum atomic E-state index is -0.123. The summed E-state index contributed by atoms with van der Waals surface area (Å²) in [4.78, 5) is 21.1. The summed E-state index contributed by atoms with van der Waals surface area (Å²) in [6, 6.07) is 5.61. The number of rotatable bonds is 6. The normalized spacial score (nSPS) is 16.0. The maximum Gasteiger partial charge on any atom is 0.269 e. The molecule has 1 aromatic heterocycles. The maximum atomic E-state index is 12.1. The lowest BCUT2D eigenvalue weighted by molar-refractivity contribution is 0.0943. The van der Waals surface area contributed by atoms with Crippen molar-refractivity contribution in [2.45, 2.75) is 6.42 Å². The van der Waals surface area contributed by atoms with Crippen molar-refractivity contribution in [2.24, 2.45) is 0 Å². The number of nitrogens with one attached hydrogen (secondary N) is 1. The quantitative estimate of drug-likeness (QED) is 0.778. The number of piperazine rings is 1. The average Bonchev–Trinajstić information content (AvgIpc) is 2.52. The molecule has 0 spiro atoms. The fraction of sp³-hybridized carbons (Fsp3) is 0.600. The number of aromatic nitrogens is 1. The number of anilines is 1. The standard InChI is InChI=1S/C15H24N4O2/c1-18-8-10-19(11-9-18)14-6-3-5-13(17-14)15(20)16-7-4-12-21-2/h3,5-6H,4,7-12H2,1-2H3,(H,16,20). The Bertz CT molecular complexity index is 459. The summed E-state index contributed by atoms with van der Waals surface area (Å²) in [5.41, 5.74) is 0.476. The first-order chi connectivity index (χ1) is 10.2. The Kier molecular flexibility index (Phi) is 5.95. The zero-order valence-corrected chi connectivity index (χ0v) is 12.8. The van der Waals surface area contributed by atoms with Crippen LogP contribution in [-0.4, -0.2) is 69.3 Å². The van der Waals surface area contributed by atoms with E-state index in [0.717, 1.165) is 38.4 Å². The second-order valence-corrected chi connectivity index (χ2v) is 5.27. The van der Waals surface area contributed by atoms with E-state index < -0.39 is 0 Å². The predicted molar refractivity (Wildman–Crippen MR) is 82.8 cm³/mol. The van der Waals surface area contributed by atoms with Gasteiger partial charge in [-0.25, -0.2) is 4.98 Å². The number of carbonyl (C=O) groups excluding carboxylic acids is 1. The maximum absolute atomic E-state index is 12.1. The summed E-state index contributed by atoms with van der Waals surface area (Å²) >= 11 is 0. The van der Waals surface area contributed by atoms with Crippen LogP contribution in [0.25, 0.3) is 0 Å². The SMILES string of the molecule is COCCCNC(=O)c1cccc(N2CCN(C)CC2)n1. The molecule has 21 heavy (non-hydrogen) atoms. The smallest absolute Gasteiger partial charge is 0.269 e. The number of amides is 1. The van der Waals surface area contributed by atoms with Crippen LogP contribution in [0.2, 0.25) is 0 Å². The highest BCUT2D eigenvalue weighted by Gasteiger charge is 2.16. The predicted octanol–water partition coefficient (Wildman–Crippen LogP) is 0.600. The first kappa shape index (κ1) is 15.7. The second kappa shape index (κ2) is 7.95. The largest absolute Gasteiger partial charge is 0.385 e. The Balaban J connectivity index is 1.92. The molecule has 0 saturated carbocycles. The topological polar surface area (TPSA) is 57.7 Å². The van der Waals surface area contributed by atoms with E-state index in [-0.39, 0.29) is 5.91 Å². The zero-order valence-electron chi connectivity index (χ0n) is 12.8. The van der Waals surface area contributed by atoms with Crippen LogP contribution < -0.4 is 10.2 Å².